The molecule has 1 N–H and O–H groups in total. The van der Waals surface area contributed by atoms with E-state index in [9.17, 15) is 10.1 Å². The first-order chi connectivity index (χ1) is 8.71. The van der Waals surface area contributed by atoms with Gasteiger partial charge in [-0.3, -0.25) is 4.79 Å². The van der Waals surface area contributed by atoms with Crippen LogP contribution >= 0.6 is 0 Å². The van der Waals surface area contributed by atoms with Crippen molar-refractivity contribution in [1.29, 1.82) is 5.26 Å². The van der Waals surface area contributed by atoms with E-state index in [1.54, 1.807) is 6.20 Å². The third-order valence-electron chi connectivity index (χ3n) is 3.90. The first-order valence-electron chi connectivity index (χ1n) is 5.90. The van der Waals surface area contributed by atoms with Gasteiger partial charge in [0.2, 0.25) is 5.91 Å². The minimum Gasteiger partial charge on any atom is -0.361 e. The molecule has 1 spiro atoms. The number of hydrogen-bond donors (Lipinski definition) is 1. The highest BCUT2D eigenvalue weighted by Gasteiger charge is 2.53. The van der Waals surface area contributed by atoms with E-state index in [0.717, 1.165) is 11.3 Å². The number of fused-ring (bicyclic) bond motifs is 2. The highest BCUT2D eigenvalue weighted by atomic mass is 16.2. The third-order valence-corrected chi connectivity index (χ3v) is 3.90. The molecule has 1 aromatic rings. The molecule has 0 bridgehead atoms. The van der Waals surface area contributed by atoms with Gasteiger partial charge in [-0.15, -0.1) is 0 Å². The van der Waals surface area contributed by atoms with E-state index in [-0.39, 0.29) is 11.9 Å². The molecular weight excluding hydrogens is 226 g/mol. The number of likely N-dealkylation sites (tertiary alicyclic amines) is 1. The standard InChI is InChI=1S/C14H13N3O/c1-2-17-9-14(7-10(17)8-15)11-5-3-4-6-12(11)16-13(14)18/h2-6,10H,1,7,9H2,(H,16,18). The zero-order valence-corrected chi connectivity index (χ0v) is 9.89. The molecule has 0 radical (unpaired) electrons. The van der Waals surface area contributed by atoms with Crippen LogP contribution in [0.2, 0.25) is 0 Å². The number of nitrogens with zero attached hydrogens (tertiary/aromatic N) is 2. The molecule has 2 heterocycles. The van der Waals surface area contributed by atoms with Gasteiger partial charge in [0.25, 0.3) is 0 Å². The van der Waals surface area contributed by atoms with E-state index in [1.807, 2.05) is 29.2 Å². The number of nitriles is 1. The fourth-order valence-electron chi connectivity index (χ4n) is 2.98. The molecule has 1 saturated heterocycles. The highest BCUT2D eigenvalue weighted by molar-refractivity contribution is 6.06. The van der Waals surface area contributed by atoms with E-state index in [2.05, 4.69) is 18.0 Å². The third kappa shape index (κ3) is 1.22. The van der Waals surface area contributed by atoms with Crippen LogP contribution in [0.25, 0.3) is 0 Å². The van der Waals surface area contributed by atoms with Gasteiger partial charge in [-0.1, -0.05) is 24.8 Å². The van der Waals surface area contributed by atoms with Gasteiger partial charge < -0.3 is 10.2 Å². The Balaban J connectivity index is 2.10. The summed E-state index contributed by atoms with van der Waals surface area (Å²) in [5, 5.41) is 12.1. The summed E-state index contributed by atoms with van der Waals surface area (Å²) in [6, 6.07) is 9.67. The van der Waals surface area contributed by atoms with E-state index >= 15 is 0 Å². The SMILES string of the molecule is C=CN1CC2(CC1C#N)C(=O)Nc1ccccc12. The van der Waals surface area contributed by atoms with Crippen LogP contribution in [-0.2, 0) is 10.2 Å². The molecule has 4 heteroatoms. The van der Waals surface area contributed by atoms with E-state index < -0.39 is 5.41 Å². The summed E-state index contributed by atoms with van der Waals surface area (Å²) in [4.78, 5) is 14.1. The Morgan fingerprint density at radius 3 is 3.00 bits per heavy atom. The number of para-hydroxylation sites is 1. The normalized spacial score (nSPS) is 28.9. The molecule has 2 aliphatic heterocycles. The van der Waals surface area contributed by atoms with Crippen LogP contribution in [0.5, 0.6) is 0 Å². The lowest BCUT2D eigenvalue weighted by atomic mass is 9.80. The monoisotopic (exact) mass is 239 g/mol. The maximum absolute atomic E-state index is 12.3. The van der Waals surface area contributed by atoms with Crippen molar-refractivity contribution < 1.29 is 4.79 Å². The number of amides is 1. The van der Waals surface area contributed by atoms with Gasteiger partial charge in [0, 0.05) is 18.7 Å². The predicted molar refractivity (Wildman–Crippen MR) is 67.7 cm³/mol. The van der Waals surface area contributed by atoms with Crippen molar-refractivity contribution in [1.82, 2.24) is 4.90 Å². The Morgan fingerprint density at radius 2 is 2.33 bits per heavy atom. The van der Waals surface area contributed by atoms with Crippen molar-refractivity contribution in [3.05, 3.63) is 42.6 Å². The van der Waals surface area contributed by atoms with Crippen LogP contribution in [-0.4, -0.2) is 23.4 Å². The molecule has 2 aliphatic rings. The first kappa shape index (κ1) is 10.8. The lowest BCUT2D eigenvalue weighted by molar-refractivity contribution is -0.120. The van der Waals surface area contributed by atoms with Crippen LogP contribution < -0.4 is 5.32 Å². The molecule has 18 heavy (non-hydrogen) atoms. The number of carbonyl (C=O) groups excluding carboxylic acids is 1. The summed E-state index contributed by atoms with van der Waals surface area (Å²) < 4.78 is 0. The van der Waals surface area contributed by atoms with Crippen LogP contribution in [0.3, 0.4) is 0 Å². The molecule has 2 unspecified atom stereocenters. The van der Waals surface area contributed by atoms with Gasteiger partial charge in [-0.25, -0.2) is 0 Å². The maximum Gasteiger partial charge on any atom is 0.237 e. The summed E-state index contributed by atoms with van der Waals surface area (Å²) in [6.45, 7) is 4.24. The molecular formula is C14H13N3O. The molecule has 1 amide bonds. The van der Waals surface area contributed by atoms with Crippen LogP contribution in [0, 0.1) is 11.3 Å². The minimum absolute atomic E-state index is 0.00620. The quantitative estimate of drug-likeness (QED) is 0.810. The summed E-state index contributed by atoms with van der Waals surface area (Å²) in [5.41, 5.74) is 1.27. The lowest BCUT2D eigenvalue weighted by Gasteiger charge is -2.21. The fraction of sp³-hybridized carbons (Fsp3) is 0.286. The molecule has 2 atom stereocenters. The Morgan fingerprint density at radius 1 is 1.56 bits per heavy atom. The number of nitrogens with one attached hydrogen (secondary N) is 1. The van der Waals surface area contributed by atoms with Gasteiger partial charge in [0.05, 0.1) is 11.5 Å². The molecule has 1 fully saturated rings. The molecule has 1 aromatic carbocycles. The van der Waals surface area contributed by atoms with E-state index in [4.69, 9.17) is 0 Å². The van der Waals surface area contributed by atoms with E-state index in [0.29, 0.717) is 13.0 Å². The van der Waals surface area contributed by atoms with Crippen LogP contribution in [0.1, 0.15) is 12.0 Å². The Hall–Kier alpha value is -2.28. The van der Waals surface area contributed by atoms with Crippen molar-refractivity contribution in [3.63, 3.8) is 0 Å². The van der Waals surface area contributed by atoms with Gasteiger partial charge >= 0.3 is 0 Å². The highest BCUT2D eigenvalue weighted by Crippen LogP contribution is 2.46. The summed E-state index contributed by atoms with van der Waals surface area (Å²) in [7, 11) is 0. The van der Waals surface area contributed by atoms with Crippen molar-refractivity contribution >= 4 is 11.6 Å². The number of carbonyl (C=O) groups is 1. The Labute approximate surface area is 106 Å². The first-order valence-corrected chi connectivity index (χ1v) is 5.90. The maximum atomic E-state index is 12.3. The lowest BCUT2D eigenvalue weighted by Crippen LogP contribution is -2.36. The van der Waals surface area contributed by atoms with Crippen molar-refractivity contribution in [2.75, 3.05) is 11.9 Å². The topological polar surface area (TPSA) is 56.1 Å². The molecule has 0 aromatic heterocycles. The van der Waals surface area contributed by atoms with Crippen molar-refractivity contribution in [3.8, 4) is 6.07 Å². The Kier molecular flexibility index (Phi) is 2.17. The second-order valence-electron chi connectivity index (χ2n) is 4.79. The second-order valence-corrected chi connectivity index (χ2v) is 4.79. The summed E-state index contributed by atoms with van der Waals surface area (Å²) in [6.07, 6.45) is 2.18. The van der Waals surface area contributed by atoms with Gasteiger partial charge in [-0.2, -0.15) is 5.26 Å². The average molecular weight is 239 g/mol. The number of hydrogen-bond acceptors (Lipinski definition) is 3. The number of benzene rings is 1. The second kappa shape index (κ2) is 3.61. The van der Waals surface area contributed by atoms with E-state index in [1.165, 1.54) is 0 Å². The van der Waals surface area contributed by atoms with Gasteiger partial charge in [0.15, 0.2) is 0 Å². The zero-order chi connectivity index (χ0) is 12.8. The van der Waals surface area contributed by atoms with Crippen LogP contribution in [0.15, 0.2) is 37.0 Å². The smallest absolute Gasteiger partial charge is 0.237 e. The van der Waals surface area contributed by atoms with Gasteiger partial charge in [-0.05, 0) is 17.8 Å². The van der Waals surface area contributed by atoms with Gasteiger partial charge in [0.1, 0.15) is 6.04 Å². The van der Waals surface area contributed by atoms with Crippen molar-refractivity contribution in [2.45, 2.75) is 17.9 Å². The zero-order valence-electron chi connectivity index (χ0n) is 9.89. The summed E-state index contributed by atoms with van der Waals surface area (Å²) >= 11 is 0. The number of anilines is 1. The molecule has 90 valence electrons. The Bertz CT molecular complexity index is 575. The molecule has 3 rings (SSSR count). The molecule has 4 nitrogen and oxygen atoms in total. The summed E-state index contributed by atoms with van der Waals surface area (Å²) in [5.74, 6) is -0.00620. The predicted octanol–water partition coefficient (Wildman–Crippen LogP) is 1.62. The average Bonchev–Trinajstić information content (AvgIpc) is 2.91. The molecule has 0 aliphatic carbocycles. The van der Waals surface area contributed by atoms with Crippen molar-refractivity contribution in [2.24, 2.45) is 0 Å². The number of rotatable bonds is 1. The fourth-order valence-corrected chi connectivity index (χ4v) is 2.98. The van der Waals surface area contributed by atoms with Crippen LogP contribution in [0.4, 0.5) is 5.69 Å². The largest absolute Gasteiger partial charge is 0.361 e. The molecule has 0 saturated carbocycles. The minimum atomic E-state index is -0.592.